The molecule has 2 fully saturated rings. The van der Waals surface area contributed by atoms with Crippen LogP contribution in [0.1, 0.15) is 48.9 Å². The van der Waals surface area contributed by atoms with Gasteiger partial charge in [0.2, 0.25) is 5.91 Å². The molecule has 1 unspecified atom stereocenters. The third-order valence-electron chi connectivity index (χ3n) is 5.98. The highest BCUT2D eigenvalue weighted by Gasteiger charge is 2.52. The molecule has 2 aliphatic heterocycles. The van der Waals surface area contributed by atoms with E-state index in [1.807, 2.05) is 19.1 Å². The number of nitrogens with one attached hydrogen (secondary N) is 2. The van der Waals surface area contributed by atoms with Crippen LogP contribution in [0.25, 0.3) is 0 Å². The SMILES string of the molecule is CC(=O)Nc1ncc(C(C)N2CCC3(CC2)NC(=O)N(Cc2ccc(C)nc2)C3=O)s1. The van der Waals surface area contributed by atoms with Gasteiger partial charge in [-0.1, -0.05) is 6.07 Å². The second-order valence-electron chi connectivity index (χ2n) is 8.17. The van der Waals surface area contributed by atoms with Crippen molar-refractivity contribution in [3.05, 3.63) is 40.7 Å². The maximum Gasteiger partial charge on any atom is 0.325 e. The maximum absolute atomic E-state index is 13.2. The largest absolute Gasteiger partial charge is 0.325 e. The molecule has 1 spiro atoms. The van der Waals surface area contributed by atoms with Crippen LogP contribution in [0.15, 0.2) is 24.5 Å². The summed E-state index contributed by atoms with van der Waals surface area (Å²) in [7, 11) is 0. The third kappa shape index (κ3) is 4.31. The second kappa shape index (κ2) is 8.35. The molecule has 9 nitrogen and oxygen atoms in total. The third-order valence-corrected chi connectivity index (χ3v) is 7.06. The van der Waals surface area contributed by atoms with E-state index in [4.69, 9.17) is 0 Å². The van der Waals surface area contributed by atoms with Crippen LogP contribution in [0.4, 0.5) is 9.93 Å². The van der Waals surface area contributed by atoms with Gasteiger partial charge in [0, 0.05) is 49.0 Å². The molecule has 4 rings (SSSR count). The zero-order valence-corrected chi connectivity index (χ0v) is 18.7. The van der Waals surface area contributed by atoms with Crippen molar-refractivity contribution in [1.82, 2.24) is 25.1 Å². The Balaban J connectivity index is 1.39. The van der Waals surface area contributed by atoms with Gasteiger partial charge in [-0.15, -0.1) is 11.3 Å². The fourth-order valence-electron chi connectivity index (χ4n) is 4.09. The van der Waals surface area contributed by atoms with Crippen LogP contribution < -0.4 is 10.6 Å². The van der Waals surface area contributed by atoms with E-state index in [2.05, 4.69) is 32.4 Å². The van der Waals surface area contributed by atoms with Gasteiger partial charge >= 0.3 is 6.03 Å². The summed E-state index contributed by atoms with van der Waals surface area (Å²) in [6.45, 7) is 7.04. The average Bonchev–Trinajstić information content (AvgIpc) is 3.28. The molecule has 0 bridgehead atoms. The lowest BCUT2D eigenvalue weighted by molar-refractivity contribution is -0.133. The molecule has 2 N–H and O–H groups in total. The molecular formula is C21H26N6O3S. The predicted molar refractivity (Wildman–Crippen MR) is 116 cm³/mol. The van der Waals surface area contributed by atoms with Gasteiger partial charge in [0.15, 0.2) is 5.13 Å². The van der Waals surface area contributed by atoms with Gasteiger partial charge in [0.05, 0.1) is 6.54 Å². The number of thiazole rings is 1. The van der Waals surface area contributed by atoms with E-state index in [-0.39, 0.29) is 30.4 Å². The van der Waals surface area contributed by atoms with E-state index in [1.165, 1.54) is 23.2 Å². The number of nitrogens with zero attached hydrogens (tertiary/aromatic N) is 4. The minimum absolute atomic E-state index is 0.110. The standard InChI is InChI=1S/C21H26N6O3S/c1-13-4-5-16(10-22-13)12-27-18(29)21(25-20(27)30)6-8-26(9-7-21)14(2)17-11-23-19(31-17)24-15(3)28/h4-5,10-11,14H,6-9,12H2,1-3H3,(H,25,30)(H,23,24,28). The van der Waals surface area contributed by atoms with Gasteiger partial charge in [-0.3, -0.25) is 24.4 Å². The van der Waals surface area contributed by atoms with Crippen LogP contribution >= 0.6 is 11.3 Å². The topological polar surface area (TPSA) is 108 Å². The fourth-order valence-corrected chi connectivity index (χ4v) is 5.04. The Labute approximate surface area is 184 Å². The molecular weight excluding hydrogens is 416 g/mol. The number of imide groups is 1. The first-order valence-electron chi connectivity index (χ1n) is 10.3. The number of hydrogen-bond donors (Lipinski definition) is 2. The quantitative estimate of drug-likeness (QED) is 0.689. The first-order chi connectivity index (χ1) is 14.8. The Kier molecular flexibility index (Phi) is 5.76. The number of anilines is 1. The first kappa shape index (κ1) is 21.4. The smallest absolute Gasteiger partial charge is 0.323 e. The van der Waals surface area contributed by atoms with Gasteiger partial charge in [-0.25, -0.2) is 9.78 Å². The van der Waals surface area contributed by atoms with Crippen LogP contribution in [0.3, 0.4) is 0 Å². The zero-order chi connectivity index (χ0) is 22.2. The molecule has 4 heterocycles. The molecule has 2 aromatic heterocycles. The zero-order valence-electron chi connectivity index (χ0n) is 17.8. The van der Waals surface area contributed by atoms with Crippen LogP contribution in [-0.4, -0.2) is 56.2 Å². The van der Waals surface area contributed by atoms with Gasteiger partial charge in [0.25, 0.3) is 5.91 Å². The Morgan fingerprint density at radius 3 is 2.65 bits per heavy atom. The summed E-state index contributed by atoms with van der Waals surface area (Å²) in [6, 6.07) is 3.54. The molecule has 4 amide bonds. The number of carbonyl (C=O) groups excluding carboxylic acids is 3. The molecule has 10 heteroatoms. The number of rotatable bonds is 5. The second-order valence-corrected chi connectivity index (χ2v) is 9.23. The number of likely N-dealkylation sites (tertiary alicyclic amines) is 1. The number of aromatic nitrogens is 2. The lowest BCUT2D eigenvalue weighted by Crippen LogP contribution is -2.55. The highest BCUT2D eigenvalue weighted by atomic mass is 32.1. The predicted octanol–water partition coefficient (Wildman–Crippen LogP) is 2.45. The van der Waals surface area contributed by atoms with E-state index in [1.54, 1.807) is 12.4 Å². The maximum atomic E-state index is 13.2. The van der Waals surface area contributed by atoms with Crippen LogP contribution in [0, 0.1) is 6.92 Å². The van der Waals surface area contributed by atoms with Gasteiger partial charge in [0.1, 0.15) is 5.54 Å². The summed E-state index contributed by atoms with van der Waals surface area (Å²) in [4.78, 5) is 50.1. The molecule has 2 aromatic rings. The van der Waals surface area contributed by atoms with Gasteiger partial charge in [-0.05, 0) is 38.3 Å². The monoisotopic (exact) mass is 442 g/mol. The van der Waals surface area contributed by atoms with E-state index in [0.29, 0.717) is 31.1 Å². The summed E-state index contributed by atoms with van der Waals surface area (Å²) >= 11 is 1.45. The van der Waals surface area contributed by atoms with Crippen molar-refractivity contribution in [1.29, 1.82) is 0 Å². The summed E-state index contributed by atoms with van der Waals surface area (Å²) in [6.07, 6.45) is 4.60. The van der Waals surface area contributed by atoms with Crippen molar-refractivity contribution >= 4 is 34.3 Å². The van der Waals surface area contributed by atoms with Crippen molar-refractivity contribution < 1.29 is 14.4 Å². The number of urea groups is 1. The fraction of sp³-hybridized carbons (Fsp3) is 0.476. The lowest BCUT2D eigenvalue weighted by Gasteiger charge is -2.39. The number of piperidine rings is 1. The van der Waals surface area contributed by atoms with E-state index in [0.717, 1.165) is 16.1 Å². The first-order valence-corrected chi connectivity index (χ1v) is 11.1. The number of hydrogen-bond acceptors (Lipinski definition) is 7. The Bertz CT molecular complexity index is 997. The van der Waals surface area contributed by atoms with Crippen molar-refractivity contribution in [2.75, 3.05) is 18.4 Å². The lowest BCUT2D eigenvalue weighted by atomic mass is 9.87. The van der Waals surface area contributed by atoms with E-state index in [9.17, 15) is 14.4 Å². The minimum Gasteiger partial charge on any atom is -0.323 e. The van der Waals surface area contributed by atoms with Crippen LogP contribution in [-0.2, 0) is 16.1 Å². The molecule has 164 valence electrons. The van der Waals surface area contributed by atoms with Gasteiger partial charge < -0.3 is 10.6 Å². The van der Waals surface area contributed by atoms with E-state index < -0.39 is 5.54 Å². The molecule has 0 aromatic carbocycles. The molecule has 1 atom stereocenters. The van der Waals surface area contributed by atoms with Crippen molar-refractivity contribution in [2.24, 2.45) is 0 Å². The average molecular weight is 443 g/mol. The number of carbonyl (C=O) groups is 3. The van der Waals surface area contributed by atoms with Crippen molar-refractivity contribution in [2.45, 2.75) is 51.7 Å². The summed E-state index contributed by atoms with van der Waals surface area (Å²) in [5.74, 6) is -0.300. The highest BCUT2D eigenvalue weighted by Crippen LogP contribution is 2.35. The van der Waals surface area contributed by atoms with E-state index >= 15 is 0 Å². The number of amides is 4. The Morgan fingerprint density at radius 1 is 1.26 bits per heavy atom. The van der Waals surface area contributed by atoms with Crippen molar-refractivity contribution in [3.8, 4) is 0 Å². The van der Waals surface area contributed by atoms with Gasteiger partial charge in [-0.2, -0.15) is 0 Å². The molecule has 2 aliphatic rings. The molecule has 2 saturated heterocycles. The highest BCUT2D eigenvalue weighted by molar-refractivity contribution is 7.15. The number of pyridine rings is 1. The normalized spacial score (nSPS) is 19.5. The number of aryl methyl sites for hydroxylation is 1. The molecule has 0 radical (unpaired) electrons. The minimum atomic E-state index is -0.833. The molecule has 0 aliphatic carbocycles. The van der Waals surface area contributed by atoms with Crippen LogP contribution in [0.2, 0.25) is 0 Å². The Hall–Kier alpha value is -2.85. The van der Waals surface area contributed by atoms with Crippen LogP contribution in [0.5, 0.6) is 0 Å². The summed E-state index contributed by atoms with van der Waals surface area (Å²) in [5, 5.41) is 6.25. The molecule has 31 heavy (non-hydrogen) atoms. The summed E-state index contributed by atoms with van der Waals surface area (Å²) in [5.41, 5.74) is 0.891. The Morgan fingerprint density at radius 2 is 2.00 bits per heavy atom. The summed E-state index contributed by atoms with van der Waals surface area (Å²) < 4.78 is 0. The van der Waals surface area contributed by atoms with Crippen molar-refractivity contribution in [3.63, 3.8) is 0 Å². The molecule has 0 saturated carbocycles.